The second-order valence-corrected chi connectivity index (χ2v) is 12.5. The summed E-state index contributed by atoms with van der Waals surface area (Å²) in [6.45, 7) is 4.07. The molecule has 0 aromatic heterocycles. The molecular formula is C33H40O20. The predicted molar refractivity (Wildman–Crippen MR) is 167 cm³/mol. The molecule has 1 aromatic carbocycles. The van der Waals surface area contributed by atoms with Gasteiger partial charge in [0, 0.05) is 20.3 Å². The van der Waals surface area contributed by atoms with Crippen molar-refractivity contribution >= 4 is 23.9 Å². The third-order valence-corrected chi connectivity index (χ3v) is 9.00. The van der Waals surface area contributed by atoms with Crippen molar-refractivity contribution < 1.29 is 97.6 Å². The maximum absolute atomic E-state index is 13.3. The van der Waals surface area contributed by atoms with Gasteiger partial charge >= 0.3 is 23.9 Å². The summed E-state index contributed by atoms with van der Waals surface area (Å²) < 4.78 is 49.0. The first-order valence-electron chi connectivity index (χ1n) is 16.3. The van der Waals surface area contributed by atoms with Crippen LogP contribution in [0.2, 0.25) is 0 Å². The van der Waals surface area contributed by atoms with Crippen molar-refractivity contribution in [1.29, 1.82) is 0 Å². The average Bonchev–Trinajstić information content (AvgIpc) is 3.10. The minimum absolute atomic E-state index is 0.0522. The van der Waals surface area contributed by atoms with Gasteiger partial charge in [-0.25, -0.2) is 9.59 Å². The topological polar surface area (TPSA) is 293 Å². The normalized spacial score (nSPS) is 36.8. The van der Waals surface area contributed by atoms with E-state index in [9.17, 15) is 54.9 Å². The molecular weight excluding hydrogens is 716 g/mol. The van der Waals surface area contributed by atoms with Crippen molar-refractivity contribution in [3.8, 4) is 11.5 Å². The fourth-order valence-electron chi connectivity index (χ4n) is 6.29. The molecule has 0 bridgehead atoms. The molecule has 1 aromatic rings. The summed E-state index contributed by atoms with van der Waals surface area (Å²) in [6.07, 6.45) is -16.1. The largest absolute Gasteiger partial charge is 0.504 e. The maximum atomic E-state index is 13.3. The van der Waals surface area contributed by atoms with Crippen LogP contribution in [0, 0.1) is 5.92 Å². The van der Waals surface area contributed by atoms with Crippen molar-refractivity contribution in [3.05, 3.63) is 48.3 Å². The first kappa shape index (κ1) is 39.8. The standard InChI is InChI=1S/C33H40O20/c1-4-16-30(47-11-17-29(43)45-9-8-33(16,17)44)53-32-25(41)27(49-14(3)36)26(48-13(2)35)20(52-32)12-46-28(42)15-6-5-7-18(21(15)37)50-31-24(40)23(39)22(38)19(10-34)51-31/h4-7,11,16,19-20,22-27,30-32,34,37-41,44H,1,8-10,12H2,2-3H3. The van der Waals surface area contributed by atoms with Gasteiger partial charge in [-0.2, -0.15) is 0 Å². The number of ether oxygens (including phenoxy) is 9. The van der Waals surface area contributed by atoms with Crippen LogP contribution in [0.1, 0.15) is 30.6 Å². The number of hydrogen-bond acceptors (Lipinski definition) is 20. The number of esters is 4. The highest BCUT2D eigenvalue weighted by atomic mass is 16.8. The Bertz CT molecular complexity index is 1580. The van der Waals surface area contributed by atoms with Gasteiger partial charge in [0.1, 0.15) is 60.0 Å². The van der Waals surface area contributed by atoms with Crippen LogP contribution in [-0.2, 0) is 52.3 Å². The number of hydrogen-bond donors (Lipinski definition) is 7. The molecule has 0 radical (unpaired) electrons. The lowest BCUT2D eigenvalue weighted by Gasteiger charge is -2.47. The number of benzene rings is 1. The number of rotatable bonds is 11. The summed E-state index contributed by atoms with van der Waals surface area (Å²) in [6, 6.07) is 3.56. The number of aromatic hydroxyl groups is 1. The monoisotopic (exact) mass is 756 g/mol. The third-order valence-electron chi connectivity index (χ3n) is 9.00. The number of cyclic esters (lactones) is 1. The van der Waals surface area contributed by atoms with Crippen LogP contribution in [0.15, 0.2) is 42.7 Å². The van der Waals surface area contributed by atoms with Crippen LogP contribution < -0.4 is 4.74 Å². The lowest BCUT2D eigenvalue weighted by atomic mass is 9.76. The van der Waals surface area contributed by atoms with E-state index in [1.54, 1.807) is 0 Å². The SMILES string of the molecule is C=CC1C(OC2OC(COC(=O)c3cccc(OC4OC(CO)C(O)C(O)C4O)c3O)C(OC(C)=O)C(OC(C)=O)C2O)OC=C2C(=O)OCCC21O. The van der Waals surface area contributed by atoms with Crippen molar-refractivity contribution in [2.45, 2.75) is 93.6 Å². The minimum Gasteiger partial charge on any atom is -0.504 e. The Labute approximate surface area is 300 Å². The van der Waals surface area contributed by atoms with Crippen LogP contribution in [0.4, 0.5) is 0 Å². The fourth-order valence-corrected chi connectivity index (χ4v) is 6.29. The molecule has 4 heterocycles. The summed E-state index contributed by atoms with van der Waals surface area (Å²) in [7, 11) is 0. The predicted octanol–water partition coefficient (Wildman–Crippen LogP) is -2.59. The highest BCUT2D eigenvalue weighted by Crippen LogP contribution is 2.42. The molecule has 0 amide bonds. The second kappa shape index (κ2) is 16.3. The number of aliphatic hydroxyl groups is 6. The number of aliphatic hydroxyl groups excluding tert-OH is 5. The molecule has 7 N–H and O–H groups in total. The molecule has 5 rings (SSSR count). The summed E-state index contributed by atoms with van der Waals surface area (Å²) in [5.74, 6) is -6.21. The lowest BCUT2D eigenvalue weighted by Crippen LogP contribution is -2.63. The Kier molecular flexibility index (Phi) is 12.3. The van der Waals surface area contributed by atoms with Crippen molar-refractivity contribution in [1.82, 2.24) is 0 Å². The second-order valence-electron chi connectivity index (χ2n) is 12.5. The molecule has 13 unspecified atom stereocenters. The molecule has 3 fully saturated rings. The summed E-state index contributed by atoms with van der Waals surface area (Å²) >= 11 is 0. The van der Waals surface area contributed by atoms with Crippen molar-refractivity contribution in [3.63, 3.8) is 0 Å². The Hall–Kier alpha value is -4.38. The molecule has 292 valence electrons. The minimum atomic E-state index is -1.87. The zero-order valence-electron chi connectivity index (χ0n) is 28.3. The first-order chi connectivity index (χ1) is 25.1. The molecule has 4 aliphatic heterocycles. The van der Waals surface area contributed by atoms with Gasteiger partial charge in [-0.1, -0.05) is 12.1 Å². The van der Waals surface area contributed by atoms with Gasteiger partial charge < -0.3 is 78.4 Å². The molecule has 0 spiro atoms. The van der Waals surface area contributed by atoms with Gasteiger partial charge in [-0.3, -0.25) is 9.59 Å². The van der Waals surface area contributed by atoms with Crippen LogP contribution in [-0.4, -0.2) is 153 Å². The number of carbonyl (C=O) groups is 4. The number of fused-ring (bicyclic) bond motifs is 1. The van der Waals surface area contributed by atoms with E-state index < -0.39 is 133 Å². The molecule has 0 aliphatic carbocycles. The van der Waals surface area contributed by atoms with Gasteiger partial charge in [-0.15, -0.1) is 6.58 Å². The van der Waals surface area contributed by atoms with Crippen LogP contribution >= 0.6 is 0 Å². The zero-order chi connectivity index (χ0) is 38.8. The summed E-state index contributed by atoms with van der Waals surface area (Å²) in [4.78, 5) is 49.8. The van der Waals surface area contributed by atoms with Gasteiger partial charge in [0.2, 0.25) is 12.6 Å². The van der Waals surface area contributed by atoms with E-state index in [0.717, 1.165) is 26.2 Å². The van der Waals surface area contributed by atoms with Crippen LogP contribution in [0.25, 0.3) is 0 Å². The Morgan fingerprint density at radius 2 is 1.62 bits per heavy atom. The van der Waals surface area contributed by atoms with Crippen molar-refractivity contribution in [2.75, 3.05) is 19.8 Å². The first-order valence-corrected chi connectivity index (χ1v) is 16.3. The molecule has 0 saturated carbocycles. The summed E-state index contributed by atoms with van der Waals surface area (Å²) in [5, 5.41) is 73.4. The lowest BCUT2D eigenvalue weighted by molar-refractivity contribution is -0.345. The van der Waals surface area contributed by atoms with Gasteiger partial charge in [0.25, 0.3) is 0 Å². The van der Waals surface area contributed by atoms with Crippen LogP contribution in [0.5, 0.6) is 11.5 Å². The zero-order valence-corrected chi connectivity index (χ0v) is 28.3. The Morgan fingerprint density at radius 3 is 2.28 bits per heavy atom. The summed E-state index contributed by atoms with van der Waals surface area (Å²) in [5.41, 5.74) is -2.53. The van der Waals surface area contributed by atoms with E-state index in [1.807, 2.05) is 0 Å². The average molecular weight is 757 g/mol. The van der Waals surface area contributed by atoms with E-state index in [4.69, 9.17) is 42.6 Å². The molecule has 53 heavy (non-hydrogen) atoms. The molecule has 4 aliphatic rings. The molecule has 3 saturated heterocycles. The Morgan fingerprint density at radius 1 is 0.943 bits per heavy atom. The number of phenols is 1. The van der Waals surface area contributed by atoms with Crippen molar-refractivity contribution in [2.24, 2.45) is 5.92 Å². The number of carbonyl (C=O) groups excluding carboxylic acids is 4. The van der Waals surface area contributed by atoms with E-state index in [-0.39, 0.29) is 18.6 Å². The number of para-hydroxylation sites is 1. The van der Waals surface area contributed by atoms with Gasteiger partial charge in [0.05, 0.1) is 25.4 Å². The van der Waals surface area contributed by atoms with E-state index in [0.29, 0.717) is 0 Å². The van der Waals surface area contributed by atoms with Crippen LogP contribution in [0.3, 0.4) is 0 Å². The Balaban J connectivity index is 1.36. The van der Waals surface area contributed by atoms with Gasteiger partial charge in [-0.05, 0) is 12.1 Å². The van der Waals surface area contributed by atoms with E-state index >= 15 is 0 Å². The number of phenolic OH excluding ortho intramolecular Hbond substituents is 1. The third kappa shape index (κ3) is 8.10. The molecule has 20 heteroatoms. The highest BCUT2D eigenvalue weighted by Gasteiger charge is 2.56. The highest BCUT2D eigenvalue weighted by molar-refractivity contribution is 5.93. The van der Waals surface area contributed by atoms with E-state index in [2.05, 4.69) is 6.58 Å². The maximum Gasteiger partial charge on any atom is 0.342 e. The van der Waals surface area contributed by atoms with E-state index in [1.165, 1.54) is 18.2 Å². The fraction of sp³-hybridized carbons (Fsp3) is 0.576. The molecule has 13 atom stereocenters. The van der Waals surface area contributed by atoms with Gasteiger partial charge in [0.15, 0.2) is 30.0 Å². The molecule has 20 nitrogen and oxygen atoms in total. The smallest absolute Gasteiger partial charge is 0.342 e. The quantitative estimate of drug-likeness (QED) is 0.0693.